The number of oxazole rings is 1. The topological polar surface area (TPSA) is 118 Å². The number of aromatic nitrogens is 1. The summed E-state index contributed by atoms with van der Waals surface area (Å²) in [6.45, 7) is 3.76. The number of fused-ring (bicyclic) bond motifs is 1. The standard InChI is InChI=1S/C28H24ClN5O4/c1-3-37-26(36)17-9-8-10-18(15-17)31-25(35)23-16(2)30-27(33-24(23)19-11-4-5-12-20(19)29)34-28-32-21-13-6-7-14-22(21)38-28/h4-15,24H,3H2,1-2H3,(H,31,35)(H2,30,32,33,34). The van der Waals surface area contributed by atoms with Gasteiger partial charge in [-0.1, -0.05) is 48.0 Å². The number of esters is 1. The Morgan fingerprint density at radius 3 is 2.66 bits per heavy atom. The number of aliphatic imine (C=N–C) groups is 1. The van der Waals surface area contributed by atoms with E-state index in [0.717, 1.165) is 0 Å². The van der Waals surface area contributed by atoms with Gasteiger partial charge in [-0.05, 0) is 50.2 Å². The molecule has 1 aliphatic rings. The summed E-state index contributed by atoms with van der Waals surface area (Å²) in [5, 5.41) is 9.53. The molecule has 0 fully saturated rings. The van der Waals surface area contributed by atoms with Crippen LogP contribution in [0.5, 0.6) is 0 Å². The van der Waals surface area contributed by atoms with E-state index in [9.17, 15) is 9.59 Å². The van der Waals surface area contributed by atoms with Gasteiger partial charge in [0.2, 0.25) is 5.96 Å². The van der Waals surface area contributed by atoms with Gasteiger partial charge in [0.25, 0.3) is 5.91 Å². The summed E-state index contributed by atoms with van der Waals surface area (Å²) in [6, 6.07) is 20.7. The number of carbonyl (C=O) groups excluding carboxylic acids is 2. The Morgan fingerprint density at radius 1 is 1.08 bits per heavy atom. The van der Waals surface area contributed by atoms with E-state index < -0.39 is 17.9 Å². The highest BCUT2D eigenvalue weighted by Gasteiger charge is 2.31. The van der Waals surface area contributed by atoms with E-state index in [1.165, 1.54) is 0 Å². The van der Waals surface area contributed by atoms with E-state index >= 15 is 0 Å². The number of hydrogen-bond donors (Lipinski definition) is 3. The number of ether oxygens (including phenoxy) is 1. The van der Waals surface area contributed by atoms with Gasteiger partial charge in [0.1, 0.15) is 11.6 Å². The van der Waals surface area contributed by atoms with E-state index in [1.807, 2.05) is 42.5 Å². The number of rotatable bonds is 6. The van der Waals surface area contributed by atoms with Crippen molar-refractivity contribution in [2.24, 2.45) is 4.99 Å². The van der Waals surface area contributed by atoms with E-state index in [4.69, 9.17) is 25.7 Å². The average molecular weight is 530 g/mol. The van der Waals surface area contributed by atoms with Crippen LogP contribution in [-0.4, -0.2) is 29.4 Å². The fourth-order valence-corrected chi connectivity index (χ4v) is 4.36. The van der Waals surface area contributed by atoms with Gasteiger partial charge < -0.3 is 19.8 Å². The van der Waals surface area contributed by atoms with E-state index in [-0.39, 0.29) is 12.6 Å². The van der Waals surface area contributed by atoms with Crippen LogP contribution in [0, 0.1) is 0 Å². The zero-order valence-corrected chi connectivity index (χ0v) is 21.4. The fourth-order valence-electron chi connectivity index (χ4n) is 4.12. The maximum atomic E-state index is 13.6. The number of nitrogens with one attached hydrogen (secondary N) is 3. The second-order valence-corrected chi connectivity index (χ2v) is 8.84. The van der Waals surface area contributed by atoms with Gasteiger partial charge in [0.15, 0.2) is 5.58 Å². The molecule has 0 saturated carbocycles. The largest absolute Gasteiger partial charge is 0.462 e. The SMILES string of the molecule is CCOC(=O)c1cccc(NC(=O)C2=C(C)NC(Nc3nc4ccccc4o3)=NC2c2ccccc2Cl)c1. The molecule has 0 aliphatic carbocycles. The van der Waals surface area contributed by atoms with Crippen molar-refractivity contribution < 1.29 is 18.7 Å². The number of nitrogens with zero attached hydrogens (tertiary/aromatic N) is 2. The van der Waals surface area contributed by atoms with Crippen molar-refractivity contribution in [1.29, 1.82) is 0 Å². The number of benzene rings is 3. The van der Waals surface area contributed by atoms with Crippen LogP contribution in [0.15, 0.2) is 93.5 Å². The van der Waals surface area contributed by atoms with Crippen molar-refractivity contribution >= 4 is 52.2 Å². The number of amides is 1. The van der Waals surface area contributed by atoms with E-state index in [0.29, 0.717) is 50.2 Å². The highest BCUT2D eigenvalue weighted by atomic mass is 35.5. The molecule has 10 heteroatoms. The molecule has 1 aromatic heterocycles. The summed E-state index contributed by atoms with van der Waals surface area (Å²) in [7, 11) is 0. The Bertz CT molecular complexity index is 1560. The summed E-state index contributed by atoms with van der Waals surface area (Å²) in [5.41, 5.74) is 3.68. The molecule has 0 bridgehead atoms. The summed E-state index contributed by atoms with van der Waals surface area (Å²) in [5.74, 6) is -0.516. The smallest absolute Gasteiger partial charge is 0.338 e. The lowest BCUT2D eigenvalue weighted by atomic mass is 9.95. The second-order valence-electron chi connectivity index (χ2n) is 8.43. The van der Waals surface area contributed by atoms with Crippen molar-refractivity contribution in [2.75, 3.05) is 17.2 Å². The molecular weight excluding hydrogens is 506 g/mol. The molecule has 4 aromatic rings. The van der Waals surface area contributed by atoms with Crippen molar-refractivity contribution in [1.82, 2.24) is 10.3 Å². The van der Waals surface area contributed by atoms with Crippen LogP contribution in [0.3, 0.4) is 0 Å². The molecule has 0 spiro atoms. The Labute approximate surface area is 223 Å². The summed E-state index contributed by atoms with van der Waals surface area (Å²) < 4.78 is 10.8. The van der Waals surface area contributed by atoms with Crippen molar-refractivity contribution in [3.63, 3.8) is 0 Å². The first-order chi connectivity index (χ1) is 18.4. The minimum atomic E-state index is -0.731. The summed E-state index contributed by atoms with van der Waals surface area (Å²) in [6.07, 6.45) is 0. The third-order valence-corrected chi connectivity index (χ3v) is 6.18. The minimum Gasteiger partial charge on any atom is -0.462 e. The molecule has 1 amide bonds. The predicted octanol–water partition coefficient (Wildman–Crippen LogP) is 5.68. The Kier molecular flexibility index (Phi) is 7.10. The van der Waals surface area contributed by atoms with Crippen LogP contribution >= 0.6 is 11.6 Å². The molecule has 9 nitrogen and oxygen atoms in total. The van der Waals surface area contributed by atoms with Gasteiger partial charge in [-0.2, -0.15) is 4.98 Å². The van der Waals surface area contributed by atoms with Crippen LogP contribution in [0.4, 0.5) is 11.7 Å². The number of hydrogen-bond acceptors (Lipinski definition) is 8. The first kappa shape index (κ1) is 25.0. The Balaban J connectivity index is 1.45. The van der Waals surface area contributed by atoms with Crippen molar-refractivity contribution in [3.05, 3.63) is 100 Å². The van der Waals surface area contributed by atoms with Gasteiger partial charge >= 0.3 is 12.0 Å². The fraction of sp³-hybridized carbons (Fsp3) is 0.143. The highest BCUT2D eigenvalue weighted by Crippen LogP contribution is 2.35. The lowest BCUT2D eigenvalue weighted by Crippen LogP contribution is -2.37. The maximum absolute atomic E-state index is 13.6. The third-order valence-electron chi connectivity index (χ3n) is 5.84. The average Bonchev–Trinajstić information content (AvgIpc) is 3.31. The maximum Gasteiger partial charge on any atom is 0.338 e. The first-order valence-corrected chi connectivity index (χ1v) is 12.3. The molecule has 3 N–H and O–H groups in total. The lowest BCUT2D eigenvalue weighted by molar-refractivity contribution is -0.113. The lowest BCUT2D eigenvalue weighted by Gasteiger charge is -2.27. The zero-order chi connectivity index (χ0) is 26.6. The molecule has 5 rings (SSSR count). The van der Waals surface area contributed by atoms with E-state index in [2.05, 4.69) is 20.9 Å². The van der Waals surface area contributed by atoms with Crippen LogP contribution < -0.4 is 16.0 Å². The molecule has 192 valence electrons. The molecule has 1 aliphatic heterocycles. The van der Waals surface area contributed by atoms with Crippen LogP contribution in [0.1, 0.15) is 35.8 Å². The number of allylic oxidation sites excluding steroid dienone is 1. The quantitative estimate of drug-likeness (QED) is 0.275. The Hall–Kier alpha value is -4.63. The normalized spacial score (nSPS) is 15.0. The summed E-state index contributed by atoms with van der Waals surface area (Å²) in [4.78, 5) is 34.9. The number of guanidine groups is 1. The Morgan fingerprint density at radius 2 is 1.87 bits per heavy atom. The molecule has 38 heavy (non-hydrogen) atoms. The van der Waals surface area contributed by atoms with Crippen LogP contribution in [-0.2, 0) is 9.53 Å². The first-order valence-electron chi connectivity index (χ1n) is 11.9. The minimum absolute atomic E-state index is 0.255. The molecule has 0 radical (unpaired) electrons. The number of carbonyl (C=O) groups is 2. The monoisotopic (exact) mass is 529 g/mol. The van der Waals surface area contributed by atoms with Gasteiger partial charge in [-0.3, -0.25) is 10.1 Å². The van der Waals surface area contributed by atoms with Crippen LogP contribution in [0.2, 0.25) is 5.02 Å². The van der Waals surface area contributed by atoms with Crippen molar-refractivity contribution in [3.8, 4) is 0 Å². The molecule has 1 atom stereocenters. The second kappa shape index (κ2) is 10.8. The number of anilines is 2. The third kappa shape index (κ3) is 5.23. The van der Waals surface area contributed by atoms with Crippen LogP contribution in [0.25, 0.3) is 11.1 Å². The zero-order valence-electron chi connectivity index (χ0n) is 20.6. The molecular formula is C28H24ClN5O4. The number of para-hydroxylation sites is 2. The van der Waals surface area contributed by atoms with E-state index in [1.54, 1.807) is 44.2 Å². The van der Waals surface area contributed by atoms with Gasteiger partial charge in [0.05, 0.1) is 17.7 Å². The predicted molar refractivity (Wildman–Crippen MR) is 146 cm³/mol. The molecule has 0 saturated heterocycles. The van der Waals surface area contributed by atoms with Gasteiger partial charge in [-0.25, -0.2) is 9.79 Å². The molecule has 1 unspecified atom stereocenters. The van der Waals surface area contributed by atoms with Gasteiger partial charge in [0, 0.05) is 22.0 Å². The van der Waals surface area contributed by atoms with Crippen molar-refractivity contribution in [2.45, 2.75) is 19.9 Å². The number of halogens is 1. The van der Waals surface area contributed by atoms with Gasteiger partial charge in [-0.15, -0.1) is 0 Å². The molecule has 3 aromatic carbocycles. The summed E-state index contributed by atoms with van der Waals surface area (Å²) >= 11 is 6.54. The molecule has 2 heterocycles. The highest BCUT2D eigenvalue weighted by molar-refractivity contribution is 6.31.